The summed E-state index contributed by atoms with van der Waals surface area (Å²) in [7, 11) is 1.68. The summed E-state index contributed by atoms with van der Waals surface area (Å²) >= 11 is 9.27. The van der Waals surface area contributed by atoms with Crippen molar-refractivity contribution in [1.82, 2.24) is 5.32 Å². The average Bonchev–Trinajstić information content (AvgIpc) is 2.37. The number of methoxy groups -OCH3 is 1. The molecule has 0 spiro atoms. The van der Waals surface area contributed by atoms with Crippen LogP contribution in [0.4, 0.5) is 0 Å². The van der Waals surface area contributed by atoms with Crippen LogP contribution in [0.15, 0.2) is 22.7 Å². The molecule has 0 aliphatic rings. The fourth-order valence-corrected chi connectivity index (χ4v) is 1.95. The predicted octanol–water partition coefficient (Wildman–Crippen LogP) is 3.90. The smallest absolute Gasteiger partial charge is 0.251 e. The van der Waals surface area contributed by atoms with Gasteiger partial charge in [-0.25, -0.2) is 0 Å². The van der Waals surface area contributed by atoms with Gasteiger partial charge in [-0.1, -0.05) is 25.4 Å². The van der Waals surface area contributed by atoms with Crippen molar-refractivity contribution >= 4 is 33.4 Å². The molecule has 0 fully saturated rings. The molecule has 0 bridgehead atoms. The Balaban J connectivity index is 2.57. The number of nitrogens with one attached hydrogen (secondary N) is 1. The van der Waals surface area contributed by atoms with Crippen molar-refractivity contribution in [1.29, 1.82) is 0 Å². The van der Waals surface area contributed by atoms with E-state index < -0.39 is 0 Å². The summed E-state index contributed by atoms with van der Waals surface area (Å²) in [6.07, 6.45) is 0.894. The maximum atomic E-state index is 12.0. The van der Waals surface area contributed by atoms with Gasteiger partial charge in [0.05, 0.1) is 5.02 Å². The van der Waals surface area contributed by atoms with Gasteiger partial charge in [0.25, 0.3) is 5.91 Å². The maximum absolute atomic E-state index is 12.0. The molecule has 1 aromatic rings. The summed E-state index contributed by atoms with van der Waals surface area (Å²) in [6.45, 7) is 5.48. The summed E-state index contributed by atoms with van der Waals surface area (Å²) in [5.41, 5.74) is 0.570. The van der Waals surface area contributed by atoms with Gasteiger partial charge < -0.3 is 10.1 Å². The Morgan fingerprint density at radius 1 is 1.47 bits per heavy atom. The van der Waals surface area contributed by atoms with Crippen molar-refractivity contribution in [3.63, 3.8) is 0 Å². The number of halogens is 2. The lowest BCUT2D eigenvalue weighted by molar-refractivity contribution is 0.0921. The monoisotopic (exact) mass is 347 g/mol. The zero-order valence-corrected chi connectivity index (χ0v) is 13.8. The molecule has 1 rings (SSSR count). The normalized spacial score (nSPS) is 11.4. The zero-order valence-electron chi connectivity index (χ0n) is 11.4. The van der Waals surface area contributed by atoms with Crippen LogP contribution in [0.5, 0.6) is 0 Å². The van der Waals surface area contributed by atoms with Crippen molar-refractivity contribution in [3.8, 4) is 0 Å². The second kappa shape index (κ2) is 7.27. The van der Waals surface area contributed by atoms with Crippen molar-refractivity contribution in [2.75, 3.05) is 20.3 Å². The van der Waals surface area contributed by atoms with E-state index in [4.69, 9.17) is 16.3 Å². The van der Waals surface area contributed by atoms with E-state index in [1.165, 1.54) is 0 Å². The van der Waals surface area contributed by atoms with Crippen LogP contribution in [-0.2, 0) is 4.74 Å². The summed E-state index contributed by atoms with van der Waals surface area (Å²) < 4.78 is 5.85. The first-order chi connectivity index (χ1) is 8.85. The van der Waals surface area contributed by atoms with E-state index in [0.717, 1.165) is 10.9 Å². The number of benzene rings is 1. The van der Waals surface area contributed by atoms with Gasteiger partial charge in [0, 0.05) is 30.3 Å². The lowest BCUT2D eigenvalue weighted by Crippen LogP contribution is -2.34. The molecule has 0 heterocycles. The third kappa shape index (κ3) is 5.51. The summed E-state index contributed by atoms with van der Waals surface area (Å²) in [4.78, 5) is 12.0. The van der Waals surface area contributed by atoms with Gasteiger partial charge in [0.2, 0.25) is 0 Å². The lowest BCUT2D eigenvalue weighted by atomic mass is 9.89. The summed E-state index contributed by atoms with van der Waals surface area (Å²) in [6, 6.07) is 5.17. The Morgan fingerprint density at radius 2 is 2.16 bits per heavy atom. The average molecular weight is 349 g/mol. The largest absolute Gasteiger partial charge is 0.385 e. The van der Waals surface area contributed by atoms with E-state index in [2.05, 4.69) is 35.1 Å². The van der Waals surface area contributed by atoms with E-state index in [1.807, 2.05) is 0 Å². The first kappa shape index (κ1) is 16.5. The highest BCUT2D eigenvalue weighted by atomic mass is 79.9. The van der Waals surface area contributed by atoms with Crippen molar-refractivity contribution in [2.24, 2.45) is 5.41 Å². The first-order valence-electron chi connectivity index (χ1n) is 6.08. The minimum atomic E-state index is -0.111. The van der Waals surface area contributed by atoms with Gasteiger partial charge in [-0.3, -0.25) is 4.79 Å². The molecular formula is C14H19BrClNO2. The van der Waals surface area contributed by atoms with Gasteiger partial charge in [0.1, 0.15) is 0 Å². The SMILES string of the molecule is COCCC(C)(C)CNC(=O)c1ccc(Br)c(Cl)c1. The number of hydrogen-bond donors (Lipinski definition) is 1. The molecule has 0 saturated carbocycles. The second-order valence-electron chi connectivity index (χ2n) is 5.22. The fourth-order valence-electron chi connectivity index (χ4n) is 1.53. The zero-order chi connectivity index (χ0) is 14.5. The molecule has 0 saturated heterocycles. The molecule has 0 aliphatic heterocycles. The van der Waals surface area contributed by atoms with E-state index in [1.54, 1.807) is 25.3 Å². The Bertz CT molecular complexity index is 449. The Labute approximate surface area is 127 Å². The number of ether oxygens (including phenoxy) is 1. The molecule has 1 aromatic carbocycles. The molecule has 1 N–H and O–H groups in total. The number of carbonyl (C=O) groups is 1. The predicted molar refractivity (Wildman–Crippen MR) is 81.8 cm³/mol. The van der Waals surface area contributed by atoms with Gasteiger partial charge in [0.15, 0.2) is 0 Å². The van der Waals surface area contributed by atoms with Crippen LogP contribution in [0.2, 0.25) is 5.02 Å². The number of carbonyl (C=O) groups excluding carboxylic acids is 1. The molecule has 0 atom stereocenters. The van der Waals surface area contributed by atoms with Crippen LogP contribution in [0.3, 0.4) is 0 Å². The van der Waals surface area contributed by atoms with Gasteiger partial charge in [-0.05, 0) is 46.0 Å². The fraction of sp³-hybridized carbons (Fsp3) is 0.500. The maximum Gasteiger partial charge on any atom is 0.251 e. The number of amides is 1. The van der Waals surface area contributed by atoms with Crippen LogP contribution in [-0.4, -0.2) is 26.2 Å². The molecular weight excluding hydrogens is 330 g/mol. The minimum Gasteiger partial charge on any atom is -0.385 e. The number of hydrogen-bond acceptors (Lipinski definition) is 2. The lowest BCUT2D eigenvalue weighted by Gasteiger charge is -2.24. The molecule has 5 heteroatoms. The van der Waals surface area contributed by atoms with E-state index in [-0.39, 0.29) is 11.3 Å². The molecule has 0 aliphatic carbocycles. The molecule has 19 heavy (non-hydrogen) atoms. The quantitative estimate of drug-likeness (QED) is 0.847. The van der Waals surface area contributed by atoms with Crippen molar-refractivity contribution in [2.45, 2.75) is 20.3 Å². The molecule has 1 amide bonds. The standard InChI is InChI=1S/C14H19BrClNO2/c1-14(2,6-7-19-3)9-17-13(18)10-4-5-11(15)12(16)8-10/h4-5,8H,6-7,9H2,1-3H3,(H,17,18). The second-order valence-corrected chi connectivity index (χ2v) is 6.48. The van der Waals surface area contributed by atoms with Crippen molar-refractivity contribution in [3.05, 3.63) is 33.3 Å². The van der Waals surface area contributed by atoms with Gasteiger partial charge >= 0.3 is 0 Å². The third-order valence-corrected chi connectivity index (χ3v) is 4.12. The van der Waals surface area contributed by atoms with Crippen LogP contribution in [0, 0.1) is 5.41 Å². The molecule has 0 radical (unpaired) electrons. The highest BCUT2D eigenvalue weighted by molar-refractivity contribution is 9.10. The van der Waals surface area contributed by atoms with E-state index in [0.29, 0.717) is 23.7 Å². The Kier molecular flexibility index (Phi) is 6.30. The number of rotatable bonds is 6. The molecule has 0 aromatic heterocycles. The highest BCUT2D eigenvalue weighted by Gasteiger charge is 2.19. The van der Waals surface area contributed by atoms with E-state index in [9.17, 15) is 4.79 Å². The van der Waals surface area contributed by atoms with Gasteiger partial charge in [-0.2, -0.15) is 0 Å². The third-order valence-electron chi connectivity index (χ3n) is 2.89. The molecule has 0 unspecified atom stereocenters. The molecule has 106 valence electrons. The van der Waals surface area contributed by atoms with Crippen LogP contribution in [0.1, 0.15) is 30.6 Å². The molecule has 3 nitrogen and oxygen atoms in total. The Hall–Kier alpha value is -0.580. The summed E-state index contributed by atoms with van der Waals surface area (Å²) in [5, 5.41) is 3.46. The van der Waals surface area contributed by atoms with Crippen LogP contribution >= 0.6 is 27.5 Å². The first-order valence-corrected chi connectivity index (χ1v) is 7.25. The highest BCUT2D eigenvalue weighted by Crippen LogP contribution is 2.23. The van der Waals surface area contributed by atoms with Crippen molar-refractivity contribution < 1.29 is 9.53 Å². The minimum absolute atomic E-state index is 0.00479. The Morgan fingerprint density at radius 3 is 2.74 bits per heavy atom. The van der Waals surface area contributed by atoms with Crippen LogP contribution in [0.25, 0.3) is 0 Å². The van der Waals surface area contributed by atoms with Crippen LogP contribution < -0.4 is 5.32 Å². The summed E-state index contributed by atoms with van der Waals surface area (Å²) in [5.74, 6) is -0.111. The topological polar surface area (TPSA) is 38.3 Å². The van der Waals surface area contributed by atoms with Gasteiger partial charge in [-0.15, -0.1) is 0 Å². The van der Waals surface area contributed by atoms with E-state index >= 15 is 0 Å².